The smallest absolute Gasteiger partial charge is 0.0622 e. The Morgan fingerprint density at radius 3 is 2.83 bits per heavy atom. The number of fused-ring (bicyclic) bond motifs is 1. The van der Waals surface area contributed by atoms with Crippen molar-refractivity contribution in [3.63, 3.8) is 0 Å². The van der Waals surface area contributed by atoms with Gasteiger partial charge in [-0.2, -0.15) is 0 Å². The molecule has 2 heteroatoms. The molecule has 0 aromatic carbocycles. The molecule has 3 N–H and O–H groups in total. The molecule has 0 aromatic rings. The largest absolute Gasteiger partial charge is 0.402 e. The Labute approximate surface area is 111 Å². The minimum atomic E-state index is -0.440. The summed E-state index contributed by atoms with van der Waals surface area (Å²) >= 11 is 0. The average Bonchev–Trinajstić information content (AvgIpc) is 3.01. The fraction of sp³-hybridized carbons (Fsp3) is 0.875. The van der Waals surface area contributed by atoms with Gasteiger partial charge >= 0.3 is 0 Å². The Morgan fingerprint density at radius 1 is 1.33 bits per heavy atom. The second-order valence-electron chi connectivity index (χ2n) is 7.56. The maximum absolute atomic E-state index is 10.5. The quantitative estimate of drug-likeness (QED) is 0.701. The summed E-state index contributed by atoms with van der Waals surface area (Å²) in [5, 5.41) is 10.5. The monoisotopic (exact) mass is 249 g/mol. The Bertz CT molecular complexity index is 373. The van der Waals surface area contributed by atoms with Crippen LogP contribution in [0.2, 0.25) is 0 Å². The van der Waals surface area contributed by atoms with Gasteiger partial charge in [0.05, 0.1) is 5.60 Å². The number of aliphatic hydroxyl groups is 1. The third-order valence-electron chi connectivity index (χ3n) is 5.83. The van der Waals surface area contributed by atoms with E-state index < -0.39 is 5.60 Å². The summed E-state index contributed by atoms with van der Waals surface area (Å²) in [4.78, 5) is 0. The first-order valence-corrected chi connectivity index (χ1v) is 7.60. The van der Waals surface area contributed by atoms with Crippen LogP contribution in [0.25, 0.3) is 0 Å². The molecular weight excluding hydrogens is 222 g/mol. The first kappa shape index (κ1) is 12.5. The molecule has 0 amide bonds. The highest BCUT2D eigenvalue weighted by molar-refractivity contribution is 5.22. The molecule has 0 aromatic heterocycles. The van der Waals surface area contributed by atoms with E-state index in [0.29, 0.717) is 11.3 Å². The number of rotatable bonds is 1. The van der Waals surface area contributed by atoms with Crippen LogP contribution >= 0.6 is 0 Å². The summed E-state index contributed by atoms with van der Waals surface area (Å²) in [6, 6.07) is 0. The molecule has 3 aliphatic carbocycles. The van der Waals surface area contributed by atoms with E-state index in [1.165, 1.54) is 25.7 Å². The van der Waals surface area contributed by atoms with Gasteiger partial charge in [-0.1, -0.05) is 13.0 Å². The highest BCUT2D eigenvalue weighted by Gasteiger charge is 2.59. The maximum atomic E-state index is 10.5. The molecule has 0 aliphatic heterocycles. The number of allylic oxidation sites excluding steroid dienone is 2. The summed E-state index contributed by atoms with van der Waals surface area (Å²) in [6.45, 7) is 4.40. The lowest BCUT2D eigenvalue weighted by atomic mass is 9.73. The van der Waals surface area contributed by atoms with Crippen molar-refractivity contribution in [2.75, 3.05) is 0 Å². The minimum Gasteiger partial charge on any atom is -0.402 e. The van der Waals surface area contributed by atoms with Gasteiger partial charge in [0.1, 0.15) is 0 Å². The fourth-order valence-corrected chi connectivity index (χ4v) is 4.57. The van der Waals surface area contributed by atoms with Gasteiger partial charge in [0.15, 0.2) is 0 Å². The highest BCUT2D eigenvalue weighted by Crippen LogP contribution is 2.67. The van der Waals surface area contributed by atoms with Gasteiger partial charge < -0.3 is 10.8 Å². The van der Waals surface area contributed by atoms with Crippen LogP contribution in [0.5, 0.6) is 0 Å². The van der Waals surface area contributed by atoms with Crippen molar-refractivity contribution in [3.8, 4) is 0 Å². The first-order chi connectivity index (χ1) is 8.41. The maximum Gasteiger partial charge on any atom is 0.0622 e. The fourth-order valence-electron chi connectivity index (χ4n) is 4.57. The Balaban J connectivity index is 1.79. The van der Waals surface area contributed by atoms with E-state index in [9.17, 15) is 5.11 Å². The molecule has 0 saturated heterocycles. The summed E-state index contributed by atoms with van der Waals surface area (Å²) < 4.78 is 0. The van der Waals surface area contributed by atoms with E-state index in [2.05, 4.69) is 13.0 Å². The van der Waals surface area contributed by atoms with Crippen LogP contribution in [0.15, 0.2) is 11.8 Å². The van der Waals surface area contributed by atoms with Crippen molar-refractivity contribution in [2.24, 2.45) is 28.9 Å². The van der Waals surface area contributed by atoms with Gasteiger partial charge in [-0.15, -0.1) is 0 Å². The summed E-state index contributed by atoms with van der Waals surface area (Å²) in [6.07, 6.45) is 10.4. The van der Waals surface area contributed by atoms with Gasteiger partial charge in [0.25, 0.3) is 0 Å². The standard InChI is InChI=1S/C16H27NO/c1-11-3-5-15(2,18)9-12(7-11)16-6-4-14(17)8-13(16)10-16/h8,11-13,18H,3-7,9-10,17H2,1-2H3/t11?,12?,13-,15?,16?/m1/s1. The molecule has 3 aliphatic rings. The zero-order chi connectivity index (χ0) is 13.0. The van der Waals surface area contributed by atoms with Gasteiger partial charge in [-0.3, -0.25) is 0 Å². The van der Waals surface area contributed by atoms with E-state index in [0.717, 1.165) is 36.8 Å². The Morgan fingerprint density at radius 2 is 2.11 bits per heavy atom. The zero-order valence-electron chi connectivity index (χ0n) is 11.8. The van der Waals surface area contributed by atoms with E-state index in [1.807, 2.05) is 6.92 Å². The van der Waals surface area contributed by atoms with Crippen LogP contribution in [-0.2, 0) is 0 Å². The van der Waals surface area contributed by atoms with Gasteiger partial charge in [-0.25, -0.2) is 0 Å². The molecule has 2 saturated carbocycles. The SMILES string of the molecule is CC1CCC(C)(O)CC(C23CCC(N)=C[C@@H]2C3)C1. The molecule has 0 heterocycles. The molecule has 0 spiro atoms. The molecule has 102 valence electrons. The van der Waals surface area contributed by atoms with Crippen LogP contribution in [0, 0.1) is 23.2 Å². The van der Waals surface area contributed by atoms with Crippen LogP contribution in [0.3, 0.4) is 0 Å². The molecule has 3 rings (SSSR count). The van der Waals surface area contributed by atoms with Crippen molar-refractivity contribution in [1.29, 1.82) is 0 Å². The third-order valence-corrected chi connectivity index (χ3v) is 5.83. The van der Waals surface area contributed by atoms with E-state index >= 15 is 0 Å². The lowest BCUT2D eigenvalue weighted by Gasteiger charge is -2.34. The average molecular weight is 249 g/mol. The number of hydrogen-bond donors (Lipinski definition) is 2. The van der Waals surface area contributed by atoms with Gasteiger partial charge in [0.2, 0.25) is 0 Å². The molecular formula is C16H27NO. The highest BCUT2D eigenvalue weighted by atomic mass is 16.3. The van der Waals surface area contributed by atoms with Crippen molar-refractivity contribution in [2.45, 2.75) is 64.4 Å². The molecule has 2 fully saturated rings. The van der Waals surface area contributed by atoms with Crippen molar-refractivity contribution < 1.29 is 5.11 Å². The molecule has 18 heavy (non-hydrogen) atoms. The van der Waals surface area contributed by atoms with Crippen LogP contribution in [-0.4, -0.2) is 10.7 Å². The van der Waals surface area contributed by atoms with Crippen LogP contribution < -0.4 is 5.73 Å². The minimum absolute atomic E-state index is 0.440. The lowest BCUT2D eigenvalue weighted by Crippen LogP contribution is -2.31. The van der Waals surface area contributed by atoms with Crippen molar-refractivity contribution >= 4 is 0 Å². The van der Waals surface area contributed by atoms with Gasteiger partial charge in [0, 0.05) is 5.70 Å². The van der Waals surface area contributed by atoms with E-state index in [4.69, 9.17) is 5.73 Å². The second-order valence-corrected chi connectivity index (χ2v) is 7.56. The number of hydrogen-bond acceptors (Lipinski definition) is 2. The predicted molar refractivity (Wildman–Crippen MR) is 73.8 cm³/mol. The van der Waals surface area contributed by atoms with E-state index in [-0.39, 0.29) is 0 Å². The topological polar surface area (TPSA) is 46.2 Å². The Hall–Kier alpha value is -0.500. The normalized spacial score (nSPS) is 52.2. The molecule has 5 atom stereocenters. The zero-order valence-corrected chi connectivity index (χ0v) is 11.8. The van der Waals surface area contributed by atoms with Crippen molar-refractivity contribution in [3.05, 3.63) is 11.8 Å². The molecule has 2 nitrogen and oxygen atoms in total. The summed E-state index contributed by atoms with van der Waals surface area (Å²) in [7, 11) is 0. The predicted octanol–water partition coefficient (Wildman–Crippen LogP) is 3.21. The molecule has 0 radical (unpaired) electrons. The second kappa shape index (κ2) is 4.00. The van der Waals surface area contributed by atoms with E-state index in [1.54, 1.807) is 0 Å². The Kier molecular flexibility index (Phi) is 2.78. The first-order valence-electron chi connectivity index (χ1n) is 7.60. The van der Waals surface area contributed by atoms with Crippen LogP contribution in [0.4, 0.5) is 0 Å². The summed E-state index contributed by atoms with van der Waals surface area (Å²) in [5.41, 5.74) is 7.13. The lowest BCUT2D eigenvalue weighted by molar-refractivity contribution is 0.0177. The molecule has 4 unspecified atom stereocenters. The summed E-state index contributed by atoms with van der Waals surface area (Å²) in [5.74, 6) is 2.19. The number of nitrogens with two attached hydrogens (primary N) is 1. The van der Waals surface area contributed by atoms with Crippen LogP contribution in [0.1, 0.15) is 58.8 Å². The van der Waals surface area contributed by atoms with Gasteiger partial charge in [-0.05, 0) is 75.0 Å². The van der Waals surface area contributed by atoms with Crippen molar-refractivity contribution in [1.82, 2.24) is 0 Å². The third kappa shape index (κ3) is 2.09. The molecule has 0 bridgehead atoms.